The van der Waals surface area contributed by atoms with E-state index >= 15 is 0 Å². The summed E-state index contributed by atoms with van der Waals surface area (Å²) in [5.74, 6) is 0. The number of ether oxygens (including phenoxy) is 2. The molecule has 2 N–H and O–H groups in total. The molecular formula is C10H21NO2. The highest BCUT2D eigenvalue weighted by Crippen LogP contribution is 2.25. The summed E-state index contributed by atoms with van der Waals surface area (Å²) in [5.41, 5.74) is 5.82. The van der Waals surface area contributed by atoms with Crippen LogP contribution >= 0.6 is 0 Å². The summed E-state index contributed by atoms with van der Waals surface area (Å²) in [7, 11) is 0. The van der Waals surface area contributed by atoms with Crippen LogP contribution in [0.2, 0.25) is 0 Å². The lowest BCUT2D eigenvalue weighted by molar-refractivity contribution is -0.139. The van der Waals surface area contributed by atoms with Gasteiger partial charge in [0, 0.05) is 19.3 Å². The molecule has 1 rings (SSSR count). The first-order valence-electron chi connectivity index (χ1n) is 5.28. The molecular weight excluding hydrogens is 166 g/mol. The Morgan fingerprint density at radius 3 is 2.31 bits per heavy atom. The van der Waals surface area contributed by atoms with E-state index in [1.54, 1.807) is 0 Å². The molecule has 1 aliphatic rings. The third kappa shape index (κ3) is 2.93. The van der Waals surface area contributed by atoms with Crippen molar-refractivity contribution in [2.24, 2.45) is 5.73 Å². The van der Waals surface area contributed by atoms with E-state index in [2.05, 4.69) is 13.8 Å². The first kappa shape index (κ1) is 11.0. The molecule has 1 aliphatic carbocycles. The number of nitrogens with two attached hydrogens (primary N) is 1. The monoisotopic (exact) mass is 187 g/mol. The van der Waals surface area contributed by atoms with Crippen molar-refractivity contribution in [2.75, 3.05) is 13.2 Å². The molecule has 0 radical (unpaired) electrons. The second-order valence-corrected chi connectivity index (χ2v) is 3.64. The van der Waals surface area contributed by atoms with Gasteiger partial charge in [0.05, 0.1) is 12.2 Å². The van der Waals surface area contributed by atoms with E-state index in [4.69, 9.17) is 15.2 Å². The van der Waals surface area contributed by atoms with E-state index in [0.717, 1.165) is 32.5 Å². The highest BCUT2D eigenvalue weighted by Gasteiger charge is 2.40. The third-order valence-electron chi connectivity index (χ3n) is 2.34. The van der Waals surface area contributed by atoms with Crippen molar-refractivity contribution < 1.29 is 9.47 Å². The minimum Gasteiger partial charge on any atom is -0.375 e. The second-order valence-electron chi connectivity index (χ2n) is 3.64. The Labute approximate surface area is 80.6 Å². The highest BCUT2D eigenvalue weighted by molar-refractivity contribution is 4.95. The number of hydrogen-bond acceptors (Lipinski definition) is 3. The molecule has 1 saturated carbocycles. The Bertz CT molecular complexity index is 141. The maximum atomic E-state index is 5.82. The maximum Gasteiger partial charge on any atom is 0.0988 e. The van der Waals surface area contributed by atoms with Crippen molar-refractivity contribution >= 4 is 0 Å². The van der Waals surface area contributed by atoms with Crippen LogP contribution < -0.4 is 5.73 Å². The molecule has 3 atom stereocenters. The molecule has 0 aromatic heterocycles. The van der Waals surface area contributed by atoms with E-state index in [-0.39, 0.29) is 18.2 Å². The van der Waals surface area contributed by atoms with Crippen LogP contribution in [-0.4, -0.2) is 31.5 Å². The van der Waals surface area contributed by atoms with Crippen LogP contribution in [0.1, 0.15) is 33.1 Å². The summed E-state index contributed by atoms with van der Waals surface area (Å²) in [4.78, 5) is 0. The van der Waals surface area contributed by atoms with Gasteiger partial charge in [-0.2, -0.15) is 0 Å². The molecule has 0 heterocycles. The lowest BCUT2D eigenvalue weighted by Gasteiger charge is -2.41. The predicted octanol–water partition coefficient (Wildman–Crippen LogP) is 1.31. The standard InChI is InChI=1S/C10H21NO2/c1-3-5-12-9-7-8(11)10(9)13-6-4-2/h8-10H,3-7,11H2,1-2H3. The van der Waals surface area contributed by atoms with Crippen LogP contribution in [-0.2, 0) is 9.47 Å². The van der Waals surface area contributed by atoms with Crippen molar-refractivity contribution in [3.63, 3.8) is 0 Å². The second kappa shape index (κ2) is 5.58. The molecule has 0 spiro atoms. The Kier molecular flexibility index (Phi) is 4.70. The SMILES string of the molecule is CCCOC1CC(N)C1OCCC. The van der Waals surface area contributed by atoms with Crippen LogP contribution in [0.5, 0.6) is 0 Å². The Balaban J connectivity index is 2.16. The minimum absolute atomic E-state index is 0.145. The first-order chi connectivity index (χ1) is 6.29. The third-order valence-corrected chi connectivity index (χ3v) is 2.34. The first-order valence-corrected chi connectivity index (χ1v) is 5.28. The zero-order valence-corrected chi connectivity index (χ0v) is 8.66. The van der Waals surface area contributed by atoms with Gasteiger partial charge in [-0.15, -0.1) is 0 Å². The van der Waals surface area contributed by atoms with Crippen LogP contribution in [0.3, 0.4) is 0 Å². The van der Waals surface area contributed by atoms with E-state index in [9.17, 15) is 0 Å². The smallest absolute Gasteiger partial charge is 0.0988 e. The minimum atomic E-state index is 0.145. The van der Waals surface area contributed by atoms with Crippen molar-refractivity contribution in [1.29, 1.82) is 0 Å². The average molecular weight is 187 g/mol. The van der Waals surface area contributed by atoms with Gasteiger partial charge in [0.2, 0.25) is 0 Å². The molecule has 3 unspecified atom stereocenters. The molecule has 1 fully saturated rings. The summed E-state index contributed by atoms with van der Waals surface area (Å²) < 4.78 is 11.2. The van der Waals surface area contributed by atoms with Gasteiger partial charge in [0.25, 0.3) is 0 Å². The van der Waals surface area contributed by atoms with Gasteiger partial charge in [-0.25, -0.2) is 0 Å². The van der Waals surface area contributed by atoms with Gasteiger partial charge in [0.15, 0.2) is 0 Å². The van der Waals surface area contributed by atoms with Crippen molar-refractivity contribution in [1.82, 2.24) is 0 Å². The number of hydrogen-bond donors (Lipinski definition) is 1. The molecule has 0 aromatic rings. The van der Waals surface area contributed by atoms with Crippen LogP contribution in [0.25, 0.3) is 0 Å². The van der Waals surface area contributed by atoms with E-state index in [1.165, 1.54) is 0 Å². The Morgan fingerprint density at radius 1 is 1.15 bits per heavy atom. The summed E-state index contributed by atoms with van der Waals surface area (Å²) in [6.07, 6.45) is 3.46. The van der Waals surface area contributed by atoms with Crippen molar-refractivity contribution in [2.45, 2.75) is 51.4 Å². The van der Waals surface area contributed by atoms with Gasteiger partial charge in [-0.05, 0) is 19.3 Å². The fourth-order valence-corrected chi connectivity index (χ4v) is 1.53. The highest BCUT2D eigenvalue weighted by atomic mass is 16.5. The fraction of sp³-hybridized carbons (Fsp3) is 1.00. The predicted molar refractivity (Wildman–Crippen MR) is 52.7 cm³/mol. The lowest BCUT2D eigenvalue weighted by atomic mass is 9.86. The molecule has 3 nitrogen and oxygen atoms in total. The topological polar surface area (TPSA) is 44.5 Å². The molecule has 0 bridgehead atoms. The number of rotatable bonds is 6. The van der Waals surface area contributed by atoms with Crippen LogP contribution in [0.4, 0.5) is 0 Å². The molecule has 0 saturated heterocycles. The zero-order chi connectivity index (χ0) is 9.68. The normalized spacial score (nSPS) is 33.0. The fourth-order valence-electron chi connectivity index (χ4n) is 1.53. The Hall–Kier alpha value is -0.120. The zero-order valence-electron chi connectivity index (χ0n) is 8.66. The quantitative estimate of drug-likeness (QED) is 0.682. The molecule has 3 heteroatoms. The van der Waals surface area contributed by atoms with E-state index in [1.807, 2.05) is 0 Å². The van der Waals surface area contributed by atoms with Crippen LogP contribution in [0, 0.1) is 0 Å². The van der Waals surface area contributed by atoms with E-state index in [0.29, 0.717) is 0 Å². The van der Waals surface area contributed by atoms with Gasteiger partial charge in [0.1, 0.15) is 0 Å². The summed E-state index contributed by atoms with van der Waals surface area (Å²) in [6.45, 7) is 5.83. The molecule has 0 aromatic carbocycles. The van der Waals surface area contributed by atoms with Gasteiger partial charge in [-0.1, -0.05) is 13.8 Å². The largest absolute Gasteiger partial charge is 0.375 e. The Morgan fingerprint density at radius 2 is 1.77 bits per heavy atom. The van der Waals surface area contributed by atoms with Gasteiger partial charge in [-0.3, -0.25) is 0 Å². The average Bonchev–Trinajstić information content (AvgIpc) is 2.12. The summed E-state index contributed by atoms with van der Waals surface area (Å²) in [6, 6.07) is 0.188. The summed E-state index contributed by atoms with van der Waals surface area (Å²) >= 11 is 0. The molecule has 0 aliphatic heterocycles. The van der Waals surface area contributed by atoms with Crippen molar-refractivity contribution in [3.05, 3.63) is 0 Å². The molecule has 78 valence electrons. The van der Waals surface area contributed by atoms with E-state index < -0.39 is 0 Å². The molecule has 13 heavy (non-hydrogen) atoms. The molecule has 0 amide bonds. The van der Waals surface area contributed by atoms with Gasteiger partial charge >= 0.3 is 0 Å². The summed E-state index contributed by atoms with van der Waals surface area (Å²) in [5, 5.41) is 0. The van der Waals surface area contributed by atoms with Crippen LogP contribution in [0.15, 0.2) is 0 Å². The van der Waals surface area contributed by atoms with Gasteiger partial charge < -0.3 is 15.2 Å². The maximum absolute atomic E-state index is 5.82. The van der Waals surface area contributed by atoms with Crippen molar-refractivity contribution in [3.8, 4) is 0 Å². The lowest BCUT2D eigenvalue weighted by Crippen LogP contribution is -2.58.